The standard InChI is InChI=1S/C13H26N2O/c1-11(16)9-15-8-3-5-12(10-15)13-6-4-7-14(13)2/h11-13,16H,3-10H2,1-2H3/t11-,12+,13+/m1/s1. The molecule has 0 aromatic heterocycles. The minimum absolute atomic E-state index is 0.181. The minimum atomic E-state index is -0.181. The van der Waals surface area contributed by atoms with Crippen molar-refractivity contribution in [3.05, 3.63) is 0 Å². The van der Waals surface area contributed by atoms with Crippen LogP contribution in [0.3, 0.4) is 0 Å². The molecule has 2 heterocycles. The van der Waals surface area contributed by atoms with Gasteiger partial charge in [-0.15, -0.1) is 0 Å². The van der Waals surface area contributed by atoms with Gasteiger partial charge >= 0.3 is 0 Å². The van der Waals surface area contributed by atoms with Crippen molar-refractivity contribution in [1.82, 2.24) is 9.80 Å². The Balaban J connectivity index is 1.86. The lowest BCUT2D eigenvalue weighted by Crippen LogP contribution is -2.45. The van der Waals surface area contributed by atoms with Crippen LogP contribution in [0.4, 0.5) is 0 Å². The number of nitrogens with zero attached hydrogens (tertiary/aromatic N) is 2. The van der Waals surface area contributed by atoms with Gasteiger partial charge in [0.25, 0.3) is 0 Å². The van der Waals surface area contributed by atoms with Gasteiger partial charge in [-0.3, -0.25) is 0 Å². The number of β-amino-alcohol motifs (C(OH)–C–C–N with tert-alkyl or cyclic N) is 1. The van der Waals surface area contributed by atoms with E-state index in [2.05, 4.69) is 16.8 Å². The van der Waals surface area contributed by atoms with Crippen molar-refractivity contribution in [3.63, 3.8) is 0 Å². The zero-order valence-corrected chi connectivity index (χ0v) is 10.7. The van der Waals surface area contributed by atoms with Gasteiger partial charge in [0.2, 0.25) is 0 Å². The van der Waals surface area contributed by atoms with Gasteiger partial charge in [0.1, 0.15) is 0 Å². The summed E-state index contributed by atoms with van der Waals surface area (Å²) in [5, 5.41) is 9.46. The molecule has 3 heteroatoms. The van der Waals surface area contributed by atoms with Crippen LogP contribution >= 0.6 is 0 Å². The molecule has 2 rings (SSSR count). The van der Waals surface area contributed by atoms with E-state index in [1.807, 2.05) is 6.92 Å². The van der Waals surface area contributed by atoms with Gasteiger partial charge < -0.3 is 14.9 Å². The Morgan fingerprint density at radius 2 is 2.00 bits per heavy atom. The minimum Gasteiger partial charge on any atom is -0.392 e. The third-order valence-electron chi connectivity index (χ3n) is 4.19. The molecule has 0 unspecified atom stereocenters. The number of piperidine rings is 1. The average Bonchev–Trinajstić information content (AvgIpc) is 2.64. The van der Waals surface area contributed by atoms with Crippen molar-refractivity contribution in [2.24, 2.45) is 5.92 Å². The zero-order chi connectivity index (χ0) is 11.5. The lowest BCUT2D eigenvalue weighted by atomic mass is 9.89. The number of hydrogen-bond acceptors (Lipinski definition) is 3. The highest BCUT2D eigenvalue weighted by atomic mass is 16.3. The second kappa shape index (κ2) is 5.48. The molecule has 16 heavy (non-hydrogen) atoms. The van der Waals surface area contributed by atoms with Crippen LogP contribution in [0.2, 0.25) is 0 Å². The van der Waals surface area contributed by atoms with Crippen molar-refractivity contribution < 1.29 is 5.11 Å². The van der Waals surface area contributed by atoms with E-state index >= 15 is 0 Å². The molecule has 2 fully saturated rings. The van der Waals surface area contributed by atoms with Gasteiger partial charge in [0, 0.05) is 19.1 Å². The van der Waals surface area contributed by atoms with Crippen LogP contribution in [0.15, 0.2) is 0 Å². The smallest absolute Gasteiger partial charge is 0.0639 e. The third-order valence-corrected chi connectivity index (χ3v) is 4.19. The topological polar surface area (TPSA) is 26.7 Å². The maximum Gasteiger partial charge on any atom is 0.0639 e. The predicted molar refractivity (Wildman–Crippen MR) is 66.5 cm³/mol. The van der Waals surface area contributed by atoms with E-state index in [1.54, 1.807) is 0 Å². The fraction of sp³-hybridized carbons (Fsp3) is 1.00. The lowest BCUT2D eigenvalue weighted by Gasteiger charge is -2.38. The molecule has 2 saturated heterocycles. The first kappa shape index (κ1) is 12.3. The first-order chi connectivity index (χ1) is 7.66. The lowest BCUT2D eigenvalue weighted by molar-refractivity contribution is 0.0713. The Kier molecular flexibility index (Phi) is 4.22. The number of hydrogen-bond donors (Lipinski definition) is 1. The largest absolute Gasteiger partial charge is 0.392 e. The SMILES string of the molecule is C[C@@H](O)CN1CCC[C@H]([C@@H]2CCCN2C)C1. The molecular formula is C13H26N2O. The van der Waals surface area contributed by atoms with E-state index in [0.29, 0.717) is 0 Å². The molecule has 0 spiro atoms. The molecule has 0 saturated carbocycles. The molecule has 94 valence electrons. The van der Waals surface area contributed by atoms with Gasteiger partial charge in [-0.2, -0.15) is 0 Å². The summed E-state index contributed by atoms with van der Waals surface area (Å²) in [7, 11) is 2.27. The summed E-state index contributed by atoms with van der Waals surface area (Å²) in [6, 6.07) is 0.803. The van der Waals surface area contributed by atoms with Gasteiger partial charge in [0.05, 0.1) is 6.10 Å². The maximum atomic E-state index is 9.46. The van der Waals surface area contributed by atoms with Gasteiger partial charge in [0.15, 0.2) is 0 Å². The Morgan fingerprint density at radius 1 is 1.25 bits per heavy atom. The van der Waals surface area contributed by atoms with E-state index in [0.717, 1.165) is 18.5 Å². The quantitative estimate of drug-likeness (QED) is 0.782. The van der Waals surface area contributed by atoms with Crippen molar-refractivity contribution in [3.8, 4) is 0 Å². The zero-order valence-electron chi connectivity index (χ0n) is 10.7. The summed E-state index contributed by atoms with van der Waals surface area (Å²) >= 11 is 0. The fourth-order valence-corrected chi connectivity index (χ4v) is 3.48. The summed E-state index contributed by atoms with van der Waals surface area (Å²) in [6.45, 7) is 6.40. The highest BCUT2D eigenvalue weighted by molar-refractivity contribution is 4.87. The van der Waals surface area contributed by atoms with Crippen LogP contribution in [-0.4, -0.2) is 60.3 Å². The van der Waals surface area contributed by atoms with Crippen LogP contribution < -0.4 is 0 Å². The normalized spacial score (nSPS) is 35.4. The Morgan fingerprint density at radius 3 is 2.62 bits per heavy atom. The summed E-state index contributed by atoms with van der Waals surface area (Å²) < 4.78 is 0. The van der Waals surface area contributed by atoms with Crippen LogP contribution in [0.1, 0.15) is 32.6 Å². The second-order valence-electron chi connectivity index (χ2n) is 5.70. The van der Waals surface area contributed by atoms with Crippen LogP contribution in [0.25, 0.3) is 0 Å². The maximum absolute atomic E-state index is 9.46. The third kappa shape index (κ3) is 2.96. The molecule has 0 aromatic rings. The monoisotopic (exact) mass is 226 g/mol. The average molecular weight is 226 g/mol. The van der Waals surface area contributed by atoms with Crippen LogP contribution in [0.5, 0.6) is 0 Å². The van der Waals surface area contributed by atoms with Gasteiger partial charge in [-0.1, -0.05) is 0 Å². The number of rotatable bonds is 3. The molecule has 0 aromatic carbocycles. The van der Waals surface area contributed by atoms with Crippen molar-refractivity contribution in [2.45, 2.75) is 44.8 Å². The Hall–Kier alpha value is -0.120. The van der Waals surface area contributed by atoms with Crippen LogP contribution in [-0.2, 0) is 0 Å². The van der Waals surface area contributed by atoms with Crippen molar-refractivity contribution in [1.29, 1.82) is 0 Å². The molecule has 3 atom stereocenters. The molecule has 0 aliphatic carbocycles. The molecule has 0 bridgehead atoms. The Labute approximate surface area is 99.4 Å². The summed E-state index contributed by atoms with van der Waals surface area (Å²) in [5.74, 6) is 0.833. The van der Waals surface area contributed by atoms with Crippen LogP contribution in [0, 0.1) is 5.92 Å². The van der Waals surface area contributed by atoms with E-state index in [4.69, 9.17) is 0 Å². The number of aliphatic hydroxyl groups is 1. The predicted octanol–water partition coefficient (Wildman–Crippen LogP) is 1.17. The van der Waals surface area contributed by atoms with Gasteiger partial charge in [-0.05, 0) is 58.7 Å². The molecule has 2 aliphatic rings. The number of likely N-dealkylation sites (tertiary alicyclic amines) is 2. The first-order valence-corrected chi connectivity index (χ1v) is 6.77. The summed E-state index contributed by atoms with van der Waals surface area (Å²) in [4.78, 5) is 4.99. The summed E-state index contributed by atoms with van der Waals surface area (Å²) in [5.41, 5.74) is 0. The van der Waals surface area contributed by atoms with Crippen molar-refractivity contribution in [2.75, 3.05) is 33.2 Å². The fourth-order valence-electron chi connectivity index (χ4n) is 3.48. The molecule has 0 radical (unpaired) electrons. The highest BCUT2D eigenvalue weighted by Crippen LogP contribution is 2.29. The first-order valence-electron chi connectivity index (χ1n) is 6.77. The molecule has 2 aliphatic heterocycles. The van der Waals surface area contributed by atoms with Crippen molar-refractivity contribution >= 4 is 0 Å². The van der Waals surface area contributed by atoms with Gasteiger partial charge in [-0.25, -0.2) is 0 Å². The summed E-state index contributed by atoms with van der Waals surface area (Å²) in [6.07, 6.45) is 5.25. The molecule has 3 nitrogen and oxygen atoms in total. The molecule has 0 amide bonds. The van der Waals surface area contributed by atoms with E-state index in [1.165, 1.54) is 45.3 Å². The number of aliphatic hydroxyl groups excluding tert-OH is 1. The second-order valence-corrected chi connectivity index (χ2v) is 5.70. The molecule has 1 N–H and O–H groups in total. The Bertz CT molecular complexity index is 220. The van der Waals surface area contributed by atoms with E-state index in [9.17, 15) is 5.11 Å². The van der Waals surface area contributed by atoms with E-state index in [-0.39, 0.29) is 6.10 Å². The highest BCUT2D eigenvalue weighted by Gasteiger charge is 2.32. The van der Waals surface area contributed by atoms with E-state index < -0.39 is 0 Å². The molecular weight excluding hydrogens is 200 g/mol.